The minimum Gasteiger partial charge on any atom is -0.307 e. The molecule has 2 heteroatoms. The van der Waals surface area contributed by atoms with E-state index in [1.165, 1.54) is 17.7 Å². The van der Waals surface area contributed by atoms with Crippen LogP contribution in [0.4, 0.5) is 0 Å². The summed E-state index contributed by atoms with van der Waals surface area (Å²) in [5.74, 6) is 0. The molecule has 0 amide bonds. The van der Waals surface area contributed by atoms with Crippen molar-refractivity contribution in [2.45, 2.75) is 51.6 Å². The van der Waals surface area contributed by atoms with Crippen LogP contribution >= 0.6 is 11.3 Å². The highest BCUT2D eigenvalue weighted by molar-refractivity contribution is 7.10. The van der Waals surface area contributed by atoms with Crippen molar-refractivity contribution in [2.24, 2.45) is 0 Å². The van der Waals surface area contributed by atoms with E-state index in [4.69, 9.17) is 0 Å². The Bertz CT molecular complexity index is 279. The average Bonchev–Trinajstić information content (AvgIpc) is 2.79. The number of thiophene rings is 1. The van der Waals surface area contributed by atoms with Crippen LogP contribution in [0.1, 0.15) is 50.4 Å². The Morgan fingerprint density at radius 3 is 2.94 bits per heavy atom. The predicted molar refractivity (Wildman–Crippen MR) is 74.0 cm³/mol. The molecule has 1 nitrogen and oxygen atoms in total. The molecule has 0 fully saturated rings. The Morgan fingerprint density at radius 1 is 1.56 bits per heavy atom. The van der Waals surface area contributed by atoms with Crippen LogP contribution in [0.15, 0.2) is 30.2 Å². The van der Waals surface area contributed by atoms with Crippen LogP contribution in [0.25, 0.3) is 0 Å². The van der Waals surface area contributed by atoms with E-state index in [0.717, 1.165) is 12.8 Å². The van der Waals surface area contributed by atoms with Crippen molar-refractivity contribution in [3.8, 4) is 0 Å². The SMILES string of the molecule is C=CCCCC(C)NC(CC)c1cccs1. The van der Waals surface area contributed by atoms with Crippen molar-refractivity contribution in [3.63, 3.8) is 0 Å². The second-order valence-corrected chi connectivity index (χ2v) is 5.24. The Balaban J connectivity index is 2.35. The molecule has 2 unspecified atom stereocenters. The summed E-state index contributed by atoms with van der Waals surface area (Å²) in [5, 5.41) is 5.86. The Kier molecular flexibility index (Phi) is 6.43. The van der Waals surface area contributed by atoms with Crippen LogP contribution in [-0.2, 0) is 0 Å². The van der Waals surface area contributed by atoms with E-state index in [1.54, 1.807) is 0 Å². The van der Waals surface area contributed by atoms with E-state index in [9.17, 15) is 0 Å². The van der Waals surface area contributed by atoms with Crippen molar-refractivity contribution in [3.05, 3.63) is 35.0 Å². The minimum atomic E-state index is 0.527. The third-order valence-corrected chi connectivity index (χ3v) is 3.81. The maximum atomic E-state index is 3.76. The van der Waals surface area contributed by atoms with Crippen molar-refractivity contribution in [2.75, 3.05) is 0 Å². The summed E-state index contributed by atoms with van der Waals surface area (Å²) in [6.07, 6.45) is 6.75. The molecule has 0 aromatic carbocycles. The molecule has 0 saturated carbocycles. The summed E-state index contributed by atoms with van der Waals surface area (Å²) in [6.45, 7) is 8.28. The summed E-state index contributed by atoms with van der Waals surface area (Å²) in [5.41, 5.74) is 0. The van der Waals surface area contributed by atoms with E-state index in [2.05, 4.69) is 43.3 Å². The van der Waals surface area contributed by atoms with Crippen LogP contribution in [-0.4, -0.2) is 6.04 Å². The average molecular weight is 237 g/mol. The quantitative estimate of drug-likeness (QED) is 0.517. The first-order chi connectivity index (χ1) is 7.77. The van der Waals surface area contributed by atoms with Crippen LogP contribution < -0.4 is 5.32 Å². The first-order valence-corrected chi connectivity index (χ1v) is 7.06. The van der Waals surface area contributed by atoms with Gasteiger partial charge in [0.2, 0.25) is 0 Å². The van der Waals surface area contributed by atoms with Crippen LogP contribution in [0, 0.1) is 0 Å². The molecule has 2 atom stereocenters. The number of nitrogens with one attached hydrogen (secondary N) is 1. The Labute approximate surface area is 104 Å². The minimum absolute atomic E-state index is 0.527. The number of hydrogen-bond donors (Lipinski definition) is 1. The van der Waals surface area contributed by atoms with Gasteiger partial charge < -0.3 is 5.32 Å². The molecule has 1 heterocycles. The van der Waals surface area contributed by atoms with Crippen molar-refractivity contribution >= 4 is 11.3 Å². The maximum Gasteiger partial charge on any atom is 0.0414 e. The standard InChI is InChI=1S/C14H23NS/c1-4-6-7-9-12(3)15-13(5-2)14-10-8-11-16-14/h4,8,10-13,15H,1,5-7,9H2,2-3H3. The molecule has 0 aliphatic rings. The zero-order chi connectivity index (χ0) is 11.8. The molecule has 16 heavy (non-hydrogen) atoms. The number of allylic oxidation sites excluding steroid dienone is 1. The van der Waals surface area contributed by atoms with Gasteiger partial charge in [-0.3, -0.25) is 0 Å². The van der Waals surface area contributed by atoms with E-state index >= 15 is 0 Å². The molecule has 0 bridgehead atoms. The highest BCUT2D eigenvalue weighted by Crippen LogP contribution is 2.22. The molecular formula is C14H23NS. The van der Waals surface area contributed by atoms with Gasteiger partial charge >= 0.3 is 0 Å². The summed E-state index contributed by atoms with van der Waals surface area (Å²) in [6, 6.07) is 5.47. The molecular weight excluding hydrogens is 214 g/mol. The van der Waals surface area contributed by atoms with Crippen molar-refractivity contribution in [1.29, 1.82) is 0 Å². The Hall–Kier alpha value is -0.600. The summed E-state index contributed by atoms with van der Waals surface area (Å²) < 4.78 is 0. The molecule has 0 aliphatic carbocycles. The lowest BCUT2D eigenvalue weighted by atomic mass is 10.1. The first kappa shape index (κ1) is 13.5. The summed E-state index contributed by atoms with van der Waals surface area (Å²) in [4.78, 5) is 1.46. The van der Waals surface area contributed by atoms with Gasteiger partial charge in [-0.05, 0) is 44.1 Å². The number of hydrogen-bond acceptors (Lipinski definition) is 2. The van der Waals surface area contributed by atoms with E-state index < -0.39 is 0 Å². The third kappa shape index (κ3) is 4.50. The fourth-order valence-corrected chi connectivity index (χ4v) is 2.76. The molecule has 1 N–H and O–H groups in total. The van der Waals surface area contributed by atoms with Gasteiger partial charge in [0.15, 0.2) is 0 Å². The highest BCUT2D eigenvalue weighted by atomic mass is 32.1. The molecule has 0 aliphatic heterocycles. The van der Waals surface area contributed by atoms with E-state index in [1.807, 2.05) is 17.4 Å². The third-order valence-electron chi connectivity index (χ3n) is 2.83. The molecule has 1 aromatic heterocycles. The maximum absolute atomic E-state index is 3.76. The number of rotatable bonds is 8. The van der Waals surface area contributed by atoms with Gasteiger partial charge in [0.05, 0.1) is 0 Å². The predicted octanol–water partition coefficient (Wildman–Crippen LogP) is 4.53. The van der Waals surface area contributed by atoms with Crippen LogP contribution in [0.5, 0.6) is 0 Å². The topological polar surface area (TPSA) is 12.0 Å². The summed E-state index contributed by atoms with van der Waals surface area (Å²) in [7, 11) is 0. The second kappa shape index (κ2) is 7.64. The van der Waals surface area contributed by atoms with Gasteiger partial charge in [0, 0.05) is 17.0 Å². The lowest BCUT2D eigenvalue weighted by Crippen LogP contribution is -2.29. The highest BCUT2D eigenvalue weighted by Gasteiger charge is 2.12. The van der Waals surface area contributed by atoms with E-state index in [0.29, 0.717) is 12.1 Å². The molecule has 0 saturated heterocycles. The largest absolute Gasteiger partial charge is 0.307 e. The zero-order valence-corrected chi connectivity index (χ0v) is 11.2. The van der Waals surface area contributed by atoms with Crippen molar-refractivity contribution < 1.29 is 0 Å². The van der Waals surface area contributed by atoms with Crippen LogP contribution in [0.3, 0.4) is 0 Å². The van der Waals surface area contributed by atoms with Gasteiger partial charge in [-0.1, -0.05) is 19.1 Å². The monoisotopic (exact) mass is 237 g/mol. The summed E-state index contributed by atoms with van der Waals surface area (Å²) >= 11 is 1.85. The lowest BCUT2D eigenvalue weighted by Gasteiger charge is -2.21. The van der Waals surface area contributed by atoms with Crippen LogP contribution in [0.2, 0.25) is 0 Å². The normalized spacial score (nSPS) is 14.6. The van der Waals surface area contributed by atoms with Gasteiger partial charge in [0.1, 0.15) is 0 Å². The lowest BCUT2D eigenvalue weighted by molar-refractivity contribution is 0.425. The molecule has 1 aromatic rings. The smallest absolute Gasteiger partial charge is 0.0414 e. The van der Waals surface area contributed by atoms with E-state index in [-0.39, 0.29) is 0 Å². The molecule has 1 rings (SSSR count). The van der Waals surface area contributed by atoms with Gasteiger partial charge in [0.25, 0.3) is 0 Å². The molecule has 0 radical (unpaired) electrons. The number of unbranched alkanes of at least 4 members (excludes halogenated alkanes) is 1. The zero-order valence-electron chi connectivity index (χ0n) is 10.4. The fourth-order valence-electron chi connectivity index (χ4n) is 1.89. The Morgan fingerprint density at radius 2 is 2.38 bits per heavy atom. The first-order valence-electron chi connectivity index (χ1n) is 6.18. The van der Waals surface area contributed by atoms with Crippen molar-refractivity contribution in [1.82, 2.24) is 5.32 Å². The van der Waals surface area contributed by atoms with Gasteiger partial charge in [-0.2, -0.15) is 0 Å². The van der Waals surface area contributed by atoms with Gasteiger partial charge in [-0.15, -0.1) is 17.9 Å². The molecule has 90 valence electrons. The van der Waals surface area contributed by atoms with Gasteiger partial charge in [-0.25, -0.2) is 0 Å². The second-order valence-electron chi connectivity index (χ2n) is 4.26. The fraction of sp³-hybridized carbons (Fsp3) is 0.571. The molecule has 0 spiro atoms.